The average Bonchev–Trinajstić information content (AvgIpc) is 2.60. The van der Waals surface area contributed by atoms with E-state index in [0.717, 1.165) is 37.0 Å². The van der Waals surface area contributed by atoms with E-state index in [1.807, 2.05) is 0 Å². The van der Waals surface area contributed by atoms with Gasteiger partial charge in [0.05, 0.1) is 7.11 Å². The lowest BCUT2D eigenvalue weighted by Gasteiger charge is -2.18. The number of methoxy groups -OCH3 is 1. The van der Waals surface area contributed by atoms with E-state index >= 15 is 0 Å². The third-order valence-corrected chi connectivity index (χ3v) is 4.71. The van der Waals surface area contributed by atoms with Crippen molar-refractivity contribution in [2.75, 3.05) is 25.1 Å². The zero-order valence-electron chi connectivity index (χ0n) is 10.6. The van der Waals surface area contributed by atoms with Crippen LogP contribution in [0.15, 0.2) is 0 Å². The molecule has 1 unspecified atom stereocenters. The van der Waals surface area contributed by atoms with Crippen LogP contribution in [0.1, 0.15) is 35.9 Å². The minimum absolute atomic E-state index is 0.249. The molecular formula is C12H17ClN2O2S. The lowest BCUT2D eigenvalue weighted by molar-refractivity contribution is 0.0606. The molecule has 4 nitrogen and oxygen atoms in total. The van der Waals surface area contributed by atoms with Crippen molar-refractivity contribution in [2.24, 2.45) is 5.92 Å². The monoisotopic (exact) mass is 288 g/mol. The average molecular weight is 289 g/mol. The van der Waals surface area contributed by atoms with E-state index in [-0.39, 0.29) is 5.15 Å². The number of thiazole rings is 1. The molecule has 0 N–H and O–H groups in total. The van der Waals surface area contributed by atoms with Gasteiger partial charge >= 0.3 is 5.97 Å². The number of hydrogen-bond acceptors (Lipinski definition) is 5. The molecule has 0 radical (unpaired) electrons. The van der Waals surface area contributed by atoms with Gasteiger partial charge in [0.25, 0.3) is 0 Å². The second-order valence-corrected chi connectivity index (χ2v) is 5.97. The van der Waals surface area contributed by atoms with Gasteiger partial charge in [-0.05, 0) is 25.2 Å². The van der Waals surface area contributed by atoms with Crippen molar-refractivity contribution in [3.05, 3.63) is 10.0 Å². The Hall–Kier alpha value is -0.810. The highest BCUT2D eigenvalue weighted by Gasteiger charge is 2.22. The predicted octanol–water partition coefficient (Wildman–Crippen LogP) is 3.21. The molecule has 1 aromatic rings. The number of nitrogens with zero attached hydrogens (tertiary/aromatic N) is 2. The third-order valence-electron chi connectivity index (χ3n) is 3.23. The predicted molar refractivity (Wildman–Crippen MR) is 73.7 cm³/mol. The van der Waals surface area contributed by atoms with Gasteiger partial charge in [-0.1, -0.05) is 29.9 Å². The summed E-state index contributed by atoms with van der Waals surface area (Å²) in [6, 6.07) is 0. The summed E-state index contributed by atoms with van der Waals surface area (Å²) in [5.41, 5.74) is 0. The number of aromatic nitrogens is 1. The number of rotatable bonds is 2. The Morgan fingerprint density at radius 2 is 2.28 bits per heavy atom. The molecule has 1 fully saturated rings. The van der Waals surface area contributed by atoms with Gasteiger partial charge in [0.1, 0.15) is 0 Å². The van der Waals surface area contributed by atoms with Crippen LogP contribution in [0.2, 0.25) is 5.15 Å². The molecule has 0 bridgehead atoms. The largest absolute Gasteiger partial charge is 0.465 e. The van der Waals surface area contributed by atoms with Gasteiger partial charge in [-0.3, -0.25) is 0 Å². The first-order valence-corrected chi connectivity index (χ1v) is 7.31. The minimum Gasteiger partial charge on any atom is -0.465 e. The topological polar surface area (TPSA) is 42.4 Å². The lowest BCUT2D eigenvalue weighted by Crippen LogP contribution is -2.23. The maximum Gasteiger partial charge on any atom is 0.351 e. The number of carbonyl (C=O) groups is 1. The summed E-state index contributed by atoms with van der Waals surface area (Å²) < 4.78 is 4.69. The summed E-state index contributed by atoms with van der Waals surface area (Å²) >= 11 is 7.30. The van der Waals surface area contributed by atoms with Crippen LogP contribution >= 0.6 is 22.9 Å². The summed E-state index contributed by atoms with van der Waals surface area (Å²) in [5.74, 6) is 0.345. The molecule has 2 rings (SSSR count). The van der Waals surface area contributed by atoms with Gasteiger partial charge in [0.15, 0.2) is 15.2 Å². The Bertz CT molecular complexity index is 436. The molecule has 0 amide bonds. The second-order valence-electron chi connectivity index (χ2n) is 4.63. The molecule has 0 aliphatic carbocycles. The first kappa shape index (κ1) is 13.6. The number of ether oxygens (including phenoxy) is 1. The van der Waals surface area contributed by atoms with Gasteiger partial charge in [0.2, 0.25) is 0 Å². The Labute approximate surface area is 116 Å². The molecule has 0 spiro atoms. The van der Waals surface area contributed by atoms with Crippen LogP contribution in [0, 0.1) is 5.92 Å². The van der Waals surface area contributed by atoms with Crippen molar-refractivity contribution in [1.82, 2.24) is 4.98 Å². The number of hydrogen-bond donors (Lipinski definition) is 0. The fourth-order valence-corrected chi connectivity index (χ4v) is 3.35. The van der Waals surface area contributed by atoms with Crippen molar-refractivity contribution in [3.8, 4) is 0 Å². The molecule has 1 saturated heterocycles. The van der Waals surface area contributed by atoms with Crippen LogP contribution < -0.4 is 4.90 Å². The van der Waals surface area contributed by atoms with Crippen molar-refractivity contribution >= 4 is 34.0 Å². The van der Waals surface area contributed by atoms with Crippen LogP contribution in [0.5, 0.6) is 0 Å². The standard InChI is InChI=1S/C12H17ClN2O2S/c1-8-4-3-6-15(7-5-8)12-14-10(13)9(18-12)11(16)17-2/h8H,3-7H2,1-2H3. The Morgan fingerprint density at radius 1 is 1.50 bits per heavy atom. The highest BCUT2D eigenvalue weighted by molar-refractivity contribution is 7.18. The summed E-state index contributed by atoms with van der Waals surface area (Å²) in [7, 11) is 1.35. The zero-order valence-corrected chi connectivity index (χ0v) is 12.2. The van der Waals surface area contributed by atoms with Gasteiger partial charge in [-0.2, -0.15) is 0 Å². The van der Waals surface area contributed by atoms with Gasteiger partial charge in [-0.25, -0.2) is 9.78 Å². The highest BCUT2D eigenvalue weighted by atomic mass is 35.5. The molecule has 1 aliphatic heterocycles. The molecule has 1 aliphatic rings. The third kappa shape index (κ3) is 2.95. The smallest absolute Gasteiger partial charge is 0.351 e. The minimum atomic E-state index is -0.410. The lowest BCUT2D eigenvalue weighted by atomic mass is 10.0. The van der Waals surface area contributed by atoms with Crippen LogP contribution in [0.25, 0.3) is 0 Å². The van der Waals surface area contributed by atoms with Crippen LogP contribution in [0.4, 0.5) is 5.13 Å². The van der Waals surface area contributed by atoms with E-state index in [2.05, 4.69) is 21.5 Å². The summed E-state index contributed by atoms with van der Waals surface area (Å²) in [5, 5.41) is 1.08. The van der Waals surface area contributed by atoms with Gasteiger partial charge in [-0.15, -0.1) is 0 Å². The molecule has 100 valence electrons. The molecular weight excluding hydrogens is 272 g/mol. The number of esters is 1. The van der Waals surface area contributed by atoms with Crippen LogP contribution in [-0.4, -0.2) is 31.2 Å². The summed E-state index contributed by atoms with van der Waals surface area (Å²) in [6.45, 7) is 4.23. The van der Waals surface area contributed by atoms with Crippen molar-refractivity contribution < 1.29 is 9.53 Å². The van der Waals surface area contributed by atoms with Crippen molar-refractivity contribution in [3.63, 3.8) is 0 Å². The molecule has 0 aromatic carbocycles. The Morgan fingerprint density at radius 3 is 3.00 bits per heavy atom. The Balaban J connectivity index is 2.15. The molecule has 6 heteroatoms. The molecule has 0 saturated carbocycles. The first-order chi connectivity index (χ1) is 8.61. The van der Waals surface area contributed by atoms with Gasteiger partial charge in [0, 0.05) is 13.1 Å². The second kappa shape index (κ2) is 5.89. The molecule has 1 atom stereocenters. The van der Waals surface area contributed by atoms with E-state index in [9.17, 15) is 4.79 Å². The van der Waals surface area contributed by atoms with E-state index < -0.39 is 5.97 Å². The molecule has 1 aromatic heterocycles. The van der Waals surface area contributed by atoms with E-state index in [4.69, 9.17) is 11.6 Å². The summed E-state index contributed by atoms with van der Waals surface area (Å²) in [6.07, 6.45) is 3.57. The van der Waals surface area contributed by atoms with Crippen LogP contribution in [0.3, 0.4) is 0 Å². The fraction of sp³-hybridized carbons (Fsp3) is 0.667. The zero-order chi connectivity index (χ0) is 13.1. The maximum absolute atomic E-state index is 11.5. The normalized spacial score (nSPS) is 20.6. The summed E-state index contributed by atoms with van der Waals surface area (Å²) in [4.78, 5) is 18.4. The first-order valence-electron chi connectivity index (χ1n) is 6.11. The number of carbonyl (C=O) groups excluding carboxylic acids is 1. The SMILES string of the molecule is COC(=O)c1sc(N2CCCC(C)CC2)nc1Cl. The quantitative estimate of drug-likeness (QED) is 0.784. The highest BCUT2D eigenvalue weighted by Crippen LogP contribution is 2.32. The van der Waals surface area contributed by atoms with Crippen molar-refractivity contribution in [1.29, 1.82) is 0 Å². The van der Waals surface area contributed by atoms with E-state index in [1.165, 1.54) is 24.9 Å². The van der Waals surface area contributed by atoms with E-state index in [0.29, 0.717) is 4.88 Å². The fourth-order valence-electron chi connectivity index (χ4n) is 2.10. The van der Waals surface area contributed by atoms with Crippen molar-refractivity contribution in [2.45, 2.75) is 26.2 Å². The van der Waals surface area contributed by atoms with E-state index in [1.54, 1.807) is 0 Å². The maximum atomic E-state index is 11.5. The Kier molecular flexibility index (Phi) is 4.45. The van der Waals surface area contributed by atoms with Crippen LogP contribution in [-0.2, 0) is 4.74 Å². The molecule has 2 heterocycles. The number of halogens is 1. The van der Waals surface area contributed by atoms with Gasteiger partial charge < -0.3 is 9.64 Å². The molecule has 18 heavy (non-hydrogen) atoms. The number of anilines is 1.